The molecule has 2 heterocycles. The summed E-state index contributed by atoms with van der Waals surface area (Å²) in [6, 6.07) is -0.244. The molecule has 1 unspecified atom stereocenters. The van der Waals surface area contributed by atoms with Gasteiger partial charge in [0.05, 0.1) is 24.4 Å². The zero-order chi connectivity index (χ0) is 9.59. The fourth-order valence-corrected chi connectivity index (χ4v) is 2.61. The van der Waals surface area contributed by atoms with Crippen molar-refractivity contribution in [1.82, 2.24) is 4.90 Å². The van der Waals surface area contributed by atoms with E-state index in [4.69, 9.17) is 0 Å². The lowest BCUT2D eigenvalue weighted by Gasteiger charge is -2.37. The number of aliphatic hydroxyl groups is 3. The van der Waals surface area contributed by atoms with Crippen LogP contribution in [-0.4, -0.2) is 57.7 Å². The second kappa shape index (κ2) is 3.20. The standard InChI is InChI=1S/C9H17NO3/c1-5-2-6(11)8-9(13)7(12)4-10(8)3-5/h5-9,11-13H,2-4H2,1H3/t5?,6-,7-,8-,9-/m1/s1. The summed E-state index contributed by atoms with van der Waals surface area (Å²) in [6.07, 6.45) is -1.23. The van der Waals surface area contributed by atoms with Crippen LogP contribution in [0.25, 0.3) is 0 Å². The minimum atomic E-state index is -0.775. The van der Waals surface area contributed by atoms with E-state index in [9.17, 15) is 15.3 Å². The Hall–Kier alpha value is -0.160. The summed E-state index contributed by atoms with van der Waals surface area (Å²) in [7, 11) is 0. The summed E-state index contributed by atoms with van der Waals surface area (Å²) in [5, 5.41) is 28.8. The molecule has 0 radical (unpaired) electrons. The number of aliphatic hydroxyl groups excluding tert-OH is 3. The molecule has 0 aromatic heterocycles. The van der Waals surface area contributed by atoms with Crippen LogP contribution in [0.15, 0.2) is 0 Å². The predicted molar refractivity (Wildman–Crippen MR) is 47.2 cm³/mol. The van der Waals surface area contributed by atoms with E-state index in [-0.39, 0.29) is 6.04 Å². The van der Waals surface area contributed by atoms with Crippen molar-refractivity contribution in [2.75, 3.05) is 13.1 Å². The zero-order valence-corrected chi connectivity index (χ0v) is 7.80. The Bertz CT molecular complexity index is 197. The highest BCUT2D eigenvalue weighted by Crippen LogP contribution is 2.30. The number of rotatable bonds is 0. The van der Waals surface area contributed by atoms with Crippen molar-refractivity contribution in [3.05, 3.63) is 0 Å². The van der Waals surface area contributed by atoms with Gasteiger partial charge in [-0.15, -0.1) is 0 Å². The highest BCUT2D eigenvalue weighted by Gasteiger charge is 2.46. The molecule has 4 heteroatoms. The van der Waals surface area contributed by atoms with Gasteiger partial charge in [0.1, 0.15) is 0 Å². The molecule has 0 saturated carbocycles. The third kappa shape index (κ3) is 1.48. The third-order valence-corrected chi connectivity index (χ3v) is 3.17. The molecule has 0 aromatic carbocycles. The molecule has 0 aromatic rings. The topological polar surface area (TPSA) is 63.9 Å². The molecule has 0 aliphatic carbocycles. The number of fused-ring (bicyclic) bond motifs is 1. The minimum Gasteiger partial charge on any atom is -0.391 e. The van der Waals surface area contributed by atoms with Gasteiger partial charge in [-0.05, 0) is 12.3 Å². The quantitative estimate of drug-likeness (QED) is 0.445. The minimum absolute atomic E-state index is 0.244. The van der Waals surface area contributed by atoms with Crippen molar-refractivity contribution < 1.29 is 15.3 Å². The van der Waals surface area contributed by atoms with Gasteiger partial charge in [-0.3, -0.25) is 4.90 Å². The monoisotopic (exact) mass is 187 g/mol. The van der Waals surface area contributed by atoms with E-state index >= 15 is 0 Å². The van der Waals surface area contributed by atoms with Crippen molar-refractivity contribution in [2.45, 2.75) is 37.7 Å². The number of nitrogens with zero attached hydrogens (tertiary/aromatic N) is 1. The van der Waals surface area contributed by atoms with Crippen LogP contribution in [0.1, 0.15) is 13.3 Å². The van der Waals surface area contributed by atoms with Crippen LogP contribution in [0.2, 0.25) is 0 Å². The second-order valence-electron chi connectivity index (χ2n) is 4.41. The van der Waals surface area contributed by atoms with Crippen LogP contribution < -0.4 is 0 Å². The maximum atomic E-state index is 9.73. The molecule has 0 bridgehead atoms. The average molecular weight is 187 g/mol. The van der Waals surface area contributed by atoms with E-state index in [1.165, 1.54) is 0 Å². The first kappa shape index (κ1) is 9.40. The Morgan fingerprint density at radius 2 is 1.77 bits per heavy atom. The van der Waals surface area contributed by atoms with Gasteiger partial charge in [-0.25, -0.2) is 0 Å². The fourth-order valence-electron chi connectivity index (χ4n) is 2.61. The summed E-state index contributed by atoms with van der Waals surface area (Å²) in [6.45, 7) is 3.44. The van der Waals surface area contributed by atoms with Gasteiger partial charge in [0.25, 0.3) is 0 Å². The molecule has 76 valence electrons. The molecule has 0 spiro atoms. The zero-order valence-electron chi connectivity index (χ0n) is 7.80. The molecule has 0 amide bonds. The molecule has 2 rings (SSSR count). The Morgan fingerprint density at radius 1 is 1.08 bits per heavy atom. The largest absolute Gasteiger partial charge is 0.391 e. The smallest absolute Gasteiger partial charge is 0.0991 e. The van der Waals surface area contributed by atoms with Crippen LogP contribution in [0.5, 0.6) is 0 Å². The molecule has 4 nitrogen and oxygen atoms in total. The van der Waals surface area contributed by atoms with Crippen LogP contribution in [0, 0.1) is 5.92 Å². The van der Waals surface area contributed by atoms with Crippen molar-refractivity contribution in [3.63, 3.8) is 0 Å². The molecular weight excluding hydrogens is 170 g/mol. The first-order valence-electron chi connectivity index (χ1n) is 4.88. The summed E-state index contributed by atoms with van der Waals surface area (Å²) >= 11 is 0. The van der Waals surface area contributed by atoms with Gasteiger partial charge in [0.15, 0.2) is 0 Å². The normalized spacial score (nSPS) is 52.2. The molecule has 5 atom stereocenters. The summed E-state index contributed by atoms with van der Waals surface area (Å²) in [5.74, 6) is 0.448. The van der Waals surface area contributed by atoms with E-state index in [0.717, 1.165) is 13.0 Å². The lowest BCUT2D eigenvalue weighted by molar-refractivity contribution is -0.0404. The highest BCUT2D eigenvalue weighted by molar-refractivity contribution is 5.00. The van der Waals surface area contributed by atoms with Crippen molar-refractivity contribution in [1.29, 1.82) is 0 Å². The second-order valence-corrected chi connectivity index (χ2v) is 4.41. The molecule has 13 heavy (non-hydrogen) atoms. The van der Waals surface area contributed by atoms with E-state index in [1.807, 2.05) is 4.90 Å². The number of hydrogen-bond donors (Lipinski definition) is 3. The van der Waals surface area contributed by atoms with Crippen LogP contribution in [0.4, 0.5) is 0 Å². The lowest BCUT2D eigenvalue weighted by atomic mass is 9.91. The predicted octanol–water partition coefficient (Wildman–Crippen LogP) is -1.21. The average Bonchev–Trinajstić information content (AvgIpc) is 2.27. The third-order valence-electron chi connectivity index (χ3n) is 3.17. The van der Waals surface area contributed by atoms with E-state index in [2.05, 4.69) is 6.92 Å². The van der Waals surface area contributed by atoms with Gasteiger partial charge in [-0.2, -0.15) is 0 Å². The summed E-state index contributed by atoms with van der Waals surface area (Å²) in [5.41, 5.74) is 0. The van der Waals surface area contributed by atoms with Gasteiger partial charge >= 0.3 is 0 Å². The Labute approximate surface area is 77.8 Å². The van der Waals surface area contributed by atoms with Crippen molar-refractivity contribution in [3.8, 4) is 0 Å². The fraction of sp³-hybridized carbons (Fsp3) is 1.00. The van der Waals surface area contributed by atoms with E-state index in [0.29, 0.717) is 12.5 Å². The van der Waals surface area contributed by atoms with Crippen LogP contribution >= 0.6 is 0 Å². The van der Waals surface area contributed by atoms with Gasteiger partial charge in [0.2, 0.25) is 0 Å². The molecule has 2 saturated heterocycles. The maximum Gasteiger partial charge on any atom is 0.0991 e. The molecule has 2 aliphatic rings. The summed E-state index contributed by atoms with van der Waals surface area (Å²) in [4.78, 5) is 1.99. The summed E-state index contributed by atoms with van der Waals surface area (Å²) < 4.78 is 0. The number of piperidine rings is 1. The van der Waals surface area contributed by atoms with Crippen LogP contribution in [-0.2, 0) is 0 Å². The van der Waals surface area contributed by atoms with Crippen LogP contribution in [0.3, 0.4) is 0 Å². The first-order chi connectivity index (χ1) is 6.09. The number of hydrogen-bond acceptors (Lipinski definition) is 4. The van der Waals surface area contributed by atoms with Crippen molar-refractivity contribution in [2.24, 2.45) is 5.92 Å². The maximum absolute atomic E-state index is 9.73. The molecule has 2 aliphatic heterocycles. The first-order valence-corrected chi connectivity index (χ1v) is 4.88. The molecule has 2 fully saturated rings. The van der Waals surface area contributed by atoms with Crippen molar-refractivity contribution >= 4 is 0 Å². The lowest BCUT2D eigenvalue weighted by Crippen LogP contribution is -2.51. The highest BCUT2D eigenvalue weighted by atomic mass is 16.3. The van der Waals surface area contributed by atoms with Gasteiger partial charge in [0, 0.05) is 13.1 Å². The Balaban J connectivity index is 2.12. The van der Waals surface area contributed by atoms with Gasteiger partial charge in [-0.1, -0.05) is 6.92 Å². The Kier molecular flexibility index (Phi) is 2.32. The molecule has 3 N–H and O–H groups in total. The van der Waals surface area contributed by atoms with E-state index in [1.54, 1.807) is 0 Å². The molecular formula is C9H17NO3. The SMILES string of the molecule is CC1C[C@@H](O)[C@@H]2[C@H](O)[C@H](O)CN2C1. The van der Waals surface area contributed by atoms with E-state index < -0.39 is 18.3 Å². The Morgan fingerprint density at radius 3 is 2.46 bits per heavy atom. The van der Waals surface area contributed by atoms with Gasteiger partial charge < -0.3 is 15.3 Å².